The molecular formula is C20H17FN4O5. The van der Waals surface area contributed by atoms with Gasteiger partial charge in [-0.2, -0.15) is 0 Å². The van der Waals surface area contributed by atoms with Crippen molar-refractivity contribution in [1.29, 1.82) is 0 Å². The summed E-state index contributed by atoms with van der Waals surface area (Å²) in [5, 5.41) is 23.7. The van der Waals surface area contributed by atoms with E-state index in [1.807, 2.05) is 4.90 Å². The lowest BCUT2D eigenvalue weighted by atomic mass is 10.1. The van der Waals surface area contributed by atoms with Gasteiger partial charge in [-0.3, -0.25) is 14.9 Å². The third kappa shape index (κ3) is 3.37. The Balaban J connectivity index is 2.02. The second-order valence-corrected chi connectivity index (χ2v) is 6.88. The van der Waals surface area contributed by atoms with Crippen molar-refractivity contribution < 1.29 is 19.2 Å². The number of non-ortho nitro benzene ring substituents is 1. The van der Waals surface area contributed by atoms with Gasteiger partial charge in [-0.15, -0.1) is 0 Å². The highest BCUT2D eigenvalue weighted by Gasteiger charge is 2.21. The molecule has 1 fully saturated rings. The molecule has 1 aromatic heterocycles. The fourth-order valence-electron chi connectivity index (χ4n) is 3.60. The number of pyridine rings is 1. The molecule has 2 N–H and O–H groups in total. The van der Waals surface area contributed by atoms with Crippen molar-refractivity contribution in [3.8, 4) is 5.69 Å². The van der Waals surface area contributed by atoms with Gasteiger partial charge in [0.15, 0.2) is 0 Å². The van der Waals surface area contributed by atoms with E-state index in [2.05, 4.69) is 5.32 Å². The van der Waals surface area contributed by atoms with E-state index in [-0.39, 0.29) is 28.0 Å². The van der Waals surface area contributed by atoms with Crippen LogP contribution in [-0.2, 0) is 0 Å². The Morgan fingerprint density at radius 3 is 2.60 bits per heavy atom. The van der Waals surface area contributed by atoms with E-state index >= 15 is 0 Å². The summed E-state index contributed by atoms with van der Waals surface area (Å²) in [4.78, 5) is 36.7. The summed E-state index contributed by atoms with van der Waals surface area (Å²) < 4.78 is 16.2. The van der Waals surface area contributed by atoms with Crippen LogP contribution in [0.15, 0.2) is 47.4 Å². The summed E-state index contributed by atoms with van der Waals surface area (Å²) in [6.45, 7) is 2.48. The van der Waals surface area contributed by atoms with Crippen LogP contribution in [0.3, 0.4) is 0 Å². The molecule has 0 radical (unpaired) electrons. The molecular weight excluding hydrogens is 395 g/mol. The number of carboxylic acid groups (broad SMARTS) is 1. The Morgan fingerprint density at radius 1 is 1.20 bits per heavy atom. The summed E-state index contributed by atoms with van der Waals surface area (Å²) in [5.41, 5.74) is -0.727. The van der Waals surface area contributed by atoms with Gasteiger partial charge in [-0.25, -0.2) is 9.18 Å². The van der Waals surface area contributed by atoms with Crippen molar-refractivity contribution in [3.63, 3.8) is 0 Å². The molecule has 1 aliphatic rings. The average Bonchev–Trinajstić information content (AvgIpc) is 2.74. The number of fused-ring (bicyclic) bond motifs is 1. The first-order valence-corrected chi connectivity index (χ1v) is 9.19. The van der Waals surface area contributed by atoms with E-state index in [4.69, 9.17) is 0 Å². The number of carbonyl (C=O) groups is 1. The predicted octanol–water partition coefficient (Wildman–Crippen LogP) is 2.15. The molecule has 2 aromatic carbocycles. The van der Waals surface area contributed by atoms with E-state index in [0.717, 1.165) is 12.3 Å². The second-order valence-electron chi connectivity index (χ2n) is 6.88. The molecule has 30 heavy (non-hydrogen) atoms. The molecule has 0 bridgehead atoms. The van der Waals surface area contributed by atoms with Crippen LogP contribution < -0.4 is 15.6 Å². The monoisotopic (exact) mass is 412 g/mol. The highest BCUT2D eigenvalue weighted by Crippen LogP contribution is 2.28. The minimum Gasteiger partial charge on any atom is -0.477 e. The Bertz CT molecular complexity index is 1230. The number of nitro benzene ring substituents is 1. The third-order valence-corrected chi connectivity index (χ3v) is 5.08. The number of nitrogens with zero attached hydrogens (tertiary/aromatic N) is 3. The van der Waals surface area contributed by atoms with E-state index in [9.17, 15) is 29.2 Å². The quantitative estimate of drug-likeness (QED) is 0.498. The number of carboxylic acids is 1. The number of anilines is 1. The number of hydrogen-bond donors (Lipinski definition) is 2. The number of nitrogens with one attached hydrogen (secondary N) is 1. The van der Waals surface area contributed by atoms with Gasteiger partial charge in [-0.1, -0.05) is 6.07 Å². The Kier molecular flexibility index (Phi) is 4.92. The first-order valence-electron chi connectivity index (χ1n) is 9.19. The minimum absolute atomic E-state index is 0.113. The van der Waals surface area contributed by atoms with E-state index in [1.54, 1.807) is 6.07 Å². The topological polar surface area (TPSA) is 118 Å². The fourth-order valence-corrected chi connectivity index (χ4v) is 3.60. The maximum Gasteiger partial charge on any atom is 0.341 e. The lowest BCUT2D eigenvalue weighted by molar-refractivity contribution is -0.384. The Morgan fingerprint density at radius 2 is 1.93 bits per heavy atom. The van der Waals surface area contributed by atoms with Gasteiger partial charge in [0.1, 0.15) is 11.4 Å². The maximum absolute atomic E-state index is 14.9. The predicted molar refractivity (Wildman–Crippen MR) is 108 cm³/mol. The van der Waals surface area contributed by atoms with Gasteiger partial charge in [-0.05, 0) is 18.2 Å². The molecule has 2 heterocycles. The number of benzene rings is 2. The largest absolute Gasteiger partial charge is 0.477 e. The van der Waals surface area contributed by atoms with E-state index < -0.39 is 27.7 Å². The van der Waals surface area contributed by atoms with Gasteiger partial charge in [0.2, 0.25) is 5.43 Å². The van der Waals surface area contributed by atoms with E-state index in [0.29, 0.717) is 26.2 Å². The van der Waals surface area contributed by atoms with Crippen molar-refractivity contribution in [2.45, 2.75) is 0 Å². The Hall–Kier alpha value is -3.79. The van der Waals surface area contributed by atoms with Gasteiger partial charge in [0, 0.05) is 49.9 Å². The molecule has 10 heteroatoms. The number of nitro groups is 1. The molecule has 0 amide bonds. The molecule has 0 saturated carbocycles. The first kappa shape index (κ1) is 19.5. The van der Waals surface area contributed by atoms with Crippen molar-refractivity contribution in [1.82, 2.24) is 9.88 Å². The number of hydrogen-bond acceptors (Lipinski definition) is 6. The highest BCUT2D eigenvalue weighted by atomic mass is 19.1. The molecule has 0 spiro atoms. The average molecular weight is 412 g/mol. The zero-order valence-electron chi connectivity index (χ0n) is 15.7. The van der Waals surface area contributed by atoms with Crippen molar-refractivity contribution in [2.24, 2.45) is 0 Å². The molecule has 0 aliphatic carbocycles. The summed E-state index contributed by atoms with van der Waals surface area (Å²) in [7, 11) is 0. The number of halogens is 1. The highest BCUT2D eigenvalue weighted by molar-refractivity contribution is 5.94. The van der Waals surface area contributed by atoms with Gasteiger partial charge < -0.3 is 19.9 Å². The summed E-state index contributed by atoms with van der Waals surface area (Å²) in [6.07, 6.45) is 1.12. The number of piperazine rings is 1. The maximum atomic E-state index is 14.9. The SMILES string of the molecule is O=C(O)c1cn(-c2cccc([N+](=O)[O-])c2)c2cc(N3CCNCC3)c(F)cc2c1=O. The van der Waals surface area contributed by atoms with Crippen LogP contribution in [0.5, 0.6) is 0 Å². The second kappa shape index (κ2) is 7.56. The number of aromatic nitrogens is 1. The Labute approximate surface area is 169 Å². The van der Waals surface area contributed by atoms with Crippen LogP contribution in [-0.4, -0.2) is 46.7 Å². The summed E-state index contributed by atoms with van der Waals surface area (Å²) in [5.74, 6) is -2.10. The molecule has 1 saturated heterocycles. The van der Waals surface area contributed by atoms with Crippen molar-refractivity contribution in [2.75, 3.05) is 31.1 Å². The van der Waals surface area contributed by atoms with Crippen LogP contribution in [0.4, 0.5) is 15.8 Å². The summed E-state index contributed by atoms with van der Waals surface area (Å²) in [6, 6.07) is 8.10. The van der Waals surface area contributed by atoms with Crippen LogP contribution in [0.25, 0.3) is 16.6 Å². The zero-order valence-corrected chi connectivity index (χ0v) is 15.7. The minimum atomic E-state index is -1.47. The fraction of sp³-hybridized carbons (Fsp3) is 0.200. The third-order valence-electron chi connectivity index (χ3n) is 5.08. The molecule has 154 valence electrons. The zero-order chi connectivity index (χ0) is 21.4. The van der Waals surface area contributed by atoms with Gasteiger partial charge >= 0.3 is 5.97 Å². The molecule has 0 atom stereocenters. The van der Waals surface area contributed by atoms with Crippen LogP contribution in [0, 0.1) is 15.9 Å². The van der Waals surface area contributed by atoms with Crippen LogP contribution in [0.1, 0.15) is 10.4 Å². The van der Waals surface area contributed by atoms with Gasteiger partial charge in [0.25, 0.3) is 5.69 Å². The lowest BCUT2D eigenvalue weighted by Crippen LogP contribution is -2.43. The number of aromatic carboxylic acids is 1. The number of rotatable bonds is 4. The first-order chi connectivity index (χ1) is 14.4. The molecule has 1 aliphatic heterocycles. The van der Waals surface area contributed by atoms with Gasteiger partial charge in [0.05, 0.1) is 21.8 Å². The smallest absolute Gasteiger partial charge is 0.341 e. The van der Waals surface area contributed by atoms with Crippen LogP contribution in [0.2, 0.25) is 0 Å². The van der Waals surface area contributed by atoms with Crippen molar-refractivity contribution >= 4 is 28.2 Å². The van der Waals surface area contributed by atoms with Crippen LogP contribution >= 0.6 is 0 Å². The summed E-state index contributed by atoms with van der Waals surface area (Å²) >= 11 is 0. The van der Waals surface area contributed by atoms with E-state index in [1.165, 1.54) is 28.8 Å². The normalized spacial score (nSPS) is 14.1. The molecule has 3 aromatic rings. The standard InChI is InChI=1S/C20H17FN4O5/c21-16-9-14-17(10-18(16)23-6-4-22-5-7-23)24(11-15(19(14)26)20(27)28)12-2-1-3-13(8-12)25(29)30/h1-3,8-11,22H,4-7H2,(H,27,28). The van der Waals surface area contributed by atoms with Crippen molar-refractivity contribution in [3.05, 3.63) is 74.3 Å². The molecule has 0 unspecified atom stereocenters. The molecule has 4 rings (SSSR count). The molecule has 9 nitrogen and oxygen atoms in total. The lowest BCUT2D eigenvalue weighted by Gasteiger charge is -2.30.